The molecule has 0 fully saturated rings. The van der Waals surface area contributed by atoms with Crippen molar-refractivity contribution in [2.24, 2.45) is 0 Å². The summed E-state index contributed by atoms with van der Waals surface area (Å²) < 4.78 is 15.3. The van der Waals surface area contributed by atoms with Crippen LogP contribution in [0.4, 0.5) is 0 Å². The molecule has 0 radical (unpaired) electrons. The van der Waals surface area contributed by atoms with Gasteiger partial charge in [-0.2, -0.15) is 0 Å². The van der Waals surface area contributed by atoms with Gasteiger partial charge in [0, 0.05) is 11.3 Å². The van der Waals surface area contributed by atoms with Crippen molar-refractivity contribution in [2.45, 2.75) is 33.4 Å². The smallest absolute Gasteiger partial charge is 0.354 e. The van der Waals surface area contributed by atoms with Gasteiger partial charge in [0.05, 0.1) is 32.2 Å². The number of hydrogen-bond donors (Lipinski definition) is 1. The molecule has 3 aromatic rings. The molecule has 3 aromatic heterocycles. The summed E-state index contributed by atoms with van der Waals surface area (Å²) in [5, 5.41) is 0. The summed E-state index contributed by atoms with van der Waals surface area (Å²) in [6, 6.07) is 5.74. The number of carbonyl (C=O) groups excluding carboxylic acids is 3. The molecule has 0 spiro atoms. The zero-order valence-electron chi connectivity index (χ0n) is 16.6. The number of Topliss-reactive ketones (excluding diaryl/α,β-unsaturated/α-hetero) is 1. The average molecular weight is 398 g/mol. The molecule has 0 bridgehead atoms. The lowest BCUT2D eigenvalue weighted by molar-refractivity contribution is 0.0572. The number of carbonyl (C=O) groups is 3. The van der Waals surface area contributed by atoms with Crippen LogP contribution in [0.2, 0.25) is 0 Å². The van der Waals surface area contributed by atoms with Crippen LogP contribution in [0.3, 0.4) is 0 Å². The quantitative estimate of drug-likeness (QED) is 0.482. The summed E-state index contributed by atoms with van der Waals surface area (Å²) in [5.74, 6) is -0.656. The highest BCUT2D eigenvalue weighted by Gasteiger charge is 2.33. The molecule has 0 aliphatic carbocycles. The number of methoxy groups -OCH3 is 1. The van der Waals surface area contributed by atoms with E-state index in [9.17, 15) is 14.4 Å². The lowest BCUT2D eigenvalue weighted by atomic mass is 9.99. The Morgan fingerprint density at radius 3 is 2.41 bits per heavy atom. The molecular formula is C21H22N2O6. The van der Waals surface area contributed by atoms with Crippen LogP contribution >= 0.6 is 0 Å². The molecule has 1 N–H and O–H groups in total. The summed E-state index contributed by atoms with van der Waals surface area (Å²) >= 11 is 0. The Morgan fingerprint density at radius 2 is 1.83 bits per heavy atom. The third-order valence-corrected chi connectivity index (χ3v) is 4.82. The van der Waals surface area contributed by atoms with Crippen molar-refractivity contribution < 1.29 is 28.0 Å². The minimum Gasteiger partial charge on any atom is -0.467 e. The van der Waals surface area contributed by atoms with Crippen LogP contribution in [0.15, 0.2) is 45.6 Å². The van der Waals surface area contributed by atoms with Crippen molar-refractivity contribution in [1.82, 2.24) is 9.88 Å². The van der Waals surface area contributed by atoms with E-state index in [2.05, 4.69) is 4.98 Å². The van der Waals surface area contributed by atoms with Gasteiger partial charge in [-0.15, -0.1) is 0 Å². The SMILES string of the molecule is COC(=O)c1[nH]c(C)c(C(=O)[C@@H](C)N(Cc2ccco2)C(=O)c2ccco2)c1C. The zero-order chi connectivity index (χ0) is 21.1. The fraction of sp³-hybridized carbons (Fsp3) is 0.286. The first-order valence-electron chi connectivity index (χ1n) is 9.03. The number of H-pyrrole nitrogens is 1. The molecule has 0 unspecified atom stereocenters. The van der Waals surface area contributed by atoms with Crippen molar-refractivity contribution in [1.29, 1.82) is 0 Å². The maximum atomic E-state index is 13.3. The number of nitrogens with one attached hydrogen (secondary N) is 1. The predicted molar refractivity (Wildman–Crippen MR) is 103 cm³/mol. The van der Waals surface area contributed by atoms with Crippen molar-refractivity contribution in [3.63, 3.8) is 0 Å². The third kappa shape index (κ3) is 3.87. The van der Waals surface area contributed by atoms with E-state index in [4.69, 9.17) is 13.6 Å². The molecule has 29 heavy (non-hydrogen) atoms. The van der Waals surface area contributed by atoms with Gasteiger partial charge in [-0.05, 0) is 50.6 Å². The summed E-state index contributed by atoms with van der Waals surface area (Å²) in [4.78, 5) is 42.6. The molecule has 1 atom stereocenters. The maximum absolute atomic E-state index is 13.3. The Bertz CT molecular complexity index is 1010. The number of esters is 1. The maximum Gasteiger partial charge on any atom is 0.354 e. The number of rotatable bonds is 7. The normalized spacial score (nSPS) is 11.9. The third-order valence-electron chi connectivity index (χ3n) is 4.82. The van der Waals surface area contributed by atoms with Gasteiger partial charge in [-0.1, -0.05) is 0 Å². The standard InChI is InChI=1S/C21H22N2O6/c1-12-17(13(2)22-18(12)21(26)27-4)19(24)14(3)23(11-15-7-5-9-28-15)20(25)16-8-6-10-29-16/h5-10,14,22H,11H2,1-4H3/t14-/m1/s1. The fourth-order valence-electron chi connectivity index (χ4n) is 3.27. The molecule has 0 aliphatic rings. The molecular weight excluding hydrogens is 376 g/mol. The lowest BCUT2D eigenvalue weighted by Crippen LogP contribution is -2.43. The van der Waals surface area contributed by atoms with E-state index < -0.39 is 17.9 Å². The molecule has 3 heterocycles. The van der Waals surface area contributed by atoms with Gasteiger partial charge in [0.15, 0.2) is 11.5 Å². The number of aryl methyl sites for hydroxylation is 1. The molecule has 0 aliphatic heterocycles. The van der Waals surface area contributed by atoms with Gasteiger partial charge in [-0.3, -0.25) is 9.59 Å². The number of furan rings is 2. The average Bonchev–Trinajstić information content (AvgIpc) is 3.46. The molecule has 8 nitrogen and oxygen atoms in total. The summed E-state index contributed by atoms with van der Waals surface area (Å²) in [6.07, 6.45) is 2.90. The first-order chi connectivity index (χ1) is 13.8. The Morgan fingerprint density at radius 1 is 1.14 bits per heavy atom. The monoisotopic (exact) mass is 398 g/mol. The van der Waals surface area contributed by atoms with Crippen LogP contribution in [0.5, 0.6) is 0 Å². The molecule has 0 aromatic carbocycles. The van der Waals surface area contributed by atoms with Crippen molar-refractivity contribution in [3.05, 3.63) is 70.8 Å². The van der Waals surface area contributed by atoms with Crippen LogP contribution in [0, 0.1) is 13.8 Å². The Labute approximate surface area is 167 Å². The van der Waals surface area contributed by atoms with Crippen LogP contribution in [-0.2, 0) is 11.3 Å². The number of nitrogens with zero attached hydrogens (tertiary/aromatic N) is 1. The first-order valence-corrected chi connectivity index (χ1v) is 9.03. The van der Waals surface area contributed by atoms with E-state index >= 15 is 0 Å². The van der Waals surface area contributed by atoms with E-state index in [1.54, 1.807) is 39.0 Å². The van der Waals surface area contributed by atoms with Crippen LogP contribution in [0.1, 0.15) is 55.3 Å². The molecule has 8 heteroatoms. The van der Waals surface area contributed by atoms with Gasteiger partial charge in [0.2, 0.25) is 0 Å². The molecule has 1 amide bonds. The Kier molecular flexibility index (Phi) is 5.72. The lowest BCUT2D eigenvalue weighted by Gasteiger charge is -2.27. The minimum absolute atomic E-state index is 0.0891. The number of ether oxygens (including phenoxy) is 1. The number of aromatic amines is 1. The van der Waals surface area contributed by atoms with E-state index in [0.29, 0.717) is 22.6 Å². The predicted octanol–water partition coefficient (Wildman–Crippen LogP) is 3.52. The van der Waals surface area contributed by atoms with Gasteiger partial charge < -0.3 is 23.5 Å². The van der Waals surface area contributed by atoms with Gasteiger partial charge >= 0.3 is 5.97 Å². The number of aromatic nitrogens is 1. The zero-order valence-corrected chi connectivity index (χ0v) is 16.6. The molecule has 152 valence electrons. The van der Waals surface area contributed by atoms with Crippen molar-refractivity contribution in [2.75, 3.05) is 7.11 Å². The summed E-state index contributed by atoms with van der Waals surface area (Å²) in [6.45, 7) is 5.09. The van der Waals surface area contributed by atoms with E-state index in [-0.39, 0.29) is 23.8 Å². The van der Waals surface area contributed by atoms with Gasteiger partial charge in [0.1, 0.15) is 11.5 Å². The number of hydrogen-bond acceptors (Lipinski definition) is 6. The van der Waals surface area contributed by atoms with Gasteiger partial charge in [-0.25, -0.2) is 4.79 Å². The largest absolute Gasteiger partial charge is 0.467 e. The molecule has 3 rings (SSSR count). The minimum atomic E-state index is -0.837. The highest BCUT2D eigenvalue weighted by Crippen LogP contribution is 2.24. The molecule has 0 saturated carbocycles. The topological polar surface area (TPSA) is 106 Å². The van der Waals surface area contributed by atoms with Crippen LogP contribution in [-0.4, -0.2) is 40.7 Å². The highest BCUT2D eigenvalue weighted by atomic mass is 16.5. The number of amides is 1. The van der Waals surface area contributed by atoms with E-state index in [1.807, 2.05) is 0 Å². The van der Waals surface area contributed by atoms with E-state index in [0.717, 1.165) is 0 Å². The molecule has 0 saturated heterocycles. The second-order valence-electron chi connectivity index (χ2n) is 6.65. The summed E-state index contributed by atoms with van der Waals surface area (Å²) in [5.41, 5.74) is 1.59. The Balaban J connectivity index is 1.96. The Hall–Kier alpha value is -3.55. The van der Waals surface area contributed by atoms with Crippen LogP contribution < -0.4 is 0 Å². The van der Waals surface area contributed by atoms with E-state index in [1.165, 1.54) is 30.6 Å². The second-order valence-corrected chi connectivity index (χ2v) is 6.65. The number of ketones is 1. The van der Waals surface area contributed by atoms with Crippen LogP contribution in [0.25, 0.3) is 0 Å². The first kappa shape index (κ1) is 20.2. The fourth-order valence-corrected chi connectivity index (χ4v) is 3.27. The second kappa shape index (κ2) is 8.22. The highest BCUT2D eigenvalue weighted by molar-refractivity contribution is 6.07. The van der Waals surface area contributed by atoms with Crippen molar-refractivity contribution >= 4 is 17.7 Å². The summed E-state index contributed by atoms with van der Waals surface area (Å²) in [7, 11) is 1.27. The van der Waals surface area contributed by atoms with Crippen molar-refractivity contribution in [3.8, 4) is 0 Å². The van der Waals surface area contributed by atoms with Gasteiger partial charge in [0.25, 0.3) is 5.91 Å².